The summed E-state index contributed by atoms with van der Waals surface area (Å²) in [6.07, 6.45) is 5.59. The zero-order valence-corrected chi connectivity index (χ0v) is 12.5. The van der Waals surface area contributed by atoms with Crippen molar-refractivity contribution in [2.45, 2.75) is 51.9 Å². The van der Waals surface area contributed by atoms with E-state index < -0.39 is 11.6 Å². The second-order valence-corrected chi connectivity index (χ2v) is 5.91. The molecule has 0 heterocycles. The van der Waals surface area contributed by atoms with Crippen LogP contribution >= 0.6 is 0 Å². The molecule has 1 aliphatic rings. The highest BCUT2D eigenvalue weighted by Crippen LogP contribution is 2.38. The lowest BCUT2D eigenvalue weighted by atomic mass is 9.81. The van der Waals surface area contributed by atoms with E-state index in [0.717, 1.165) is 32.4 Å². The normalized spacial score (nSPS) is 23.6. The SMILES string of the molecule is CCNCC1CCCCCC1c1ccc(C)c(F)c1F. The Morgan fingerprint density at radius 2 is 1.85 bits per heavy atom. The fourth-order valence-corrected chi connectivity index (χ4v) is 3.32. The molecular formula is C17H25F2N. The molecule has 1 N–H and O–H groups in total. The van der Waals surface area contributed by atoms with Crippen LogP contribution in [-0.2, 0) is 0 Å². The lowest BCUT2D eigenvalue weighted by molar-refractivity contribution is 0.364. The average molecular weight is 281 g/mol. The number of hydrogen-bond acceptors (Lipinski definition) is 1. The van der Waals surface area contributed by atoms with Crippen molar-refractivity contribution in [1.82, 2.24) is 5.32 Å². The molecule has 0 radical (unpaired) electrons. The molecule has 0 aliphatic heterocycles. The minimum absolute atomic E-state index is 0.145. The summed E-state index contributed by atoms with van der Waals surface area (Å²) in [5.74, 6) is -0.743. The summed E-state index contributed by atoms with van der Waals surface area (Å²) in [5.41, 5.74) is 0.973. The third kappa shape index (κ3) is 3.38. The molecule has 1 aliphatic carbocycles. The molecule has 1 aromatic carbocycles. The van der Waals surface area contributed by atoms with Crippen LogP contribution < -0.4 is 5.32 Å². The van der Waals surface area contributed by atoms with Gasteiger partial charge in [-0.05, 0) is 55.8 Å². The number of aryl methyl sites for hydroxylation is 1. The van der Waals surface area contributed by atoms with E-state index in [2.05, 4.69) is 12.2 Å². The largest absolute Gasteiger partial charge is 0.317 e. The van der Waals surface area contributed by atoms with Gasteiger partial charge in [0.2, 0.25) is 0 Å². The molecule has 3 heteroatoms. The average Bonchev–Trinajstić information content (AvgIpc) is 2.68. The Bertz CT molecular complexity index is 445. The molecule has 0 spiro atoms. The van der Waals surface area contributed by atoms with Gasteiger partial charge in [0, 0.05) is 0 Å². The maximum Gasteiger partial charge on any atom is 0.162 e. The fraction of sp³-hybridized carbons (Fsp3) is 0.647. The van der Waals surface area contributed by atoms with Gasteiger partial charge in [-0.25, -0.2) is 8.78 Å². The zero-order chi connectivity index (χ0) is 14.5. The van der Waals surface area contributed by atoms with Crippen molar-refractivity contribution < 1.29 is 8.78 Å². The van der Waals surface area contributed by atoms with Gasteiger partial charge in [0.1, 0.15) is 0 Å². The first-order chi connectivity index (χ1) is 9.65. The molecule has 2 rings (SSSR count). The van der Waals surface area contributed by atoms with E-state index in [-0.39, 0.29) is 5.92 Å². The van der Waals surface area contributed by atoms with E-state index in [1.54, 1.807) is 19.1 Å². The lowest BCUT2D eigenvalue weighted by Gasteiger charge is -2.26. The Morgan fingerprint density at radius 3 is 2.60 bits per heavy atom. The first-order valence-electron chi connectivity index (χ1n) is 7.80. The summed E-state index contributed by atoms with van der Waals surface area (Å²) in [4.78, 5) is 0. The quantitative estimate of drug-likeness (QED) is 0.799. The molecule has 1 fully saturated rings. The van der Waals surface area contributed by atoms with Crippen LogP contribution in [0, 0.1) is 24.5 Å². The Morgan fingerprint density at radius 1 is 1.10 bits per heavy atom. The van der Waals surface area contributed by atoms with Crippen molar-refractivity contribution in [3.05, 3.63) is 34.9 Å². The Kier molecular flexibility index (Phi) is 5.53. The van der Waals surface area contributed by atoms with Crippen molar-refractivity contribution in [1.29, 1.82) is 0 Å². The smallest absolute Gasteiger partial charge is 0.162 e. The van der Waals surface area contributed by atoms with E-state index in [9.17, 15) is 8.78 Å². The molecule has 112 valence electrons. The molecule has 2 unspecified atom stereocenters. The van der Waals surface area contributed by atoms with Gasteiger partial charge < -0.3 is 5.32 Å². The van der Waals surface area contributed by atoms with Crippen molar-refractivity contribution in [3.63, 3.8) is 0 Å². The van der Waals surface area contributed by atoms with Gasteiger partial charge in [0.05, 0.1) is 0 Å². The molecule has 0 bridgehead atoms. The third-order valence-corrected chi connectivity index (χ3v) is 4.52. The van der Waals surface area contributed by atoms with E-state index in [1.807, 2.05) is 0 Å². The van der Waals surface area contributed by atoms with Gasteiger partial charge >= 0.3 is 0 Å². The molecule has 2 atom stereocenters. The highest BCUT2D eigenvalue weighted by atomic mass is 19.2. The third-order valence-electron chi connectivity index (χ3n) is 4.52. The van der Waals surface area contributed by atoms with Crippen LogP contribution in [0.15, 0.2) is 12.1 Å². The van der Waals surface area contributed by atoms with Crippen LogP contribution in [0.2, 0.25) is 0 Å². The van der Waals surface area contributed by atoms with Crippen LogP contribution in [0.3, 0.4) is 0 Å². The van der Waals surface area contributed by atoms with Crippen molar-refractivity contribution in [3.8, 4) is 0 Å². The molecule has 1 aromatic rings. The van der Waals surface area contributed by atoms with Crippen molar-refractivity contribution in [2.24, 2.45) is 5.92 Å². The van der Waals surface area contributed by atoms with Crippen LogP contribution in [0.1, 0.15) is 56.1 Å². The number of halogens is 2. The molecule has 0 aromatic heterocycles. The second-order valence-electron chi connectivity index (χ2n) is 5.91. The molecule has 0 amide bonds. The van der Waals surface area contributed by atoms with Gasteiger partial charge in [0.15, 0.2) is 11.6 Å². The van der Waals surface area contributed by atoms with Crippen LogP contribution in [0.5, 0.6) is 0 Å². The highest BCUT2D eigenvalue weighted by Gasteiger charge is 2.28. The molecule has 1 saturated carbocycles. The van der Waals surface area contributed by atoms with Crippen LogP contribution in [0.25, 0.3) is 0 Å². The van der Waals surface area contributed by atoms with Crippen LogP contribution in [0.4, 0.5) is 8.78 Å². The first-order valence-corrected chi connectivity index (χ1v) is 7.80. The van der Waals surface area contributed by atoms with E-state index in [1.165, 1.54) is 12.8 Å². The van der Waals surface area contributed by atoms with Gasteiger partial charge in [0.25, 0.3) is 0 Å². The summed E-state index contributed by atoms with van der Waals surface area (Å²) in [6.45, 7) is 5.52. The van der Waals surface area contributed by atoms with E-state index in [0.29, 0.717) is 17.0 Å². The molecule has 0 saturated heterocycles. The number of rotatable bonds is 4. The van der Waals surface area contributed by atoms with Gasteiger partial charge in [-0.2, -0.15) is 0 Å². The lowest BCUT2D eigenvalue weighted by Crippen LogP contribution is -2.27. The zero-order valence-electron chi connectivity index (χ0n) is 12.5. The Hall–Kier alpha value is -0.960. The second kappa shape index (κ2) is 7.16. The van der Waals surface area contributed by atoms with Gasteiger partial charge in [-0.1, -0.05) is 38.3 Å². The van der Waals surface area contributed by atoms with Crippen LogP contribution in [-0.4, -0.2) is 13.1 Å². The number of hydrogen-bond donors (Lipinski definition) is 1. The minimum Gasteiger partial charge on any atom is -0.317 e. The minimum atomic E-state index is -0.672. The standard InChI is InChI=1S/C17H25F2N/c1-3-20-11-13-7-5-4-6-8-14(13)15-10-9-12(2)16(18)17(15)19/h9-10,13-14,20H,3-8,11H2,1-2H3. The predicted octanol–water partition coefficient (Wildman–Crippen LogP) is 4.55. The maximum atomic E-state index is 14.3. The van der Waals surface area contributed by atoms with Gasteiger partial charge in [-0.3, -0.25) is 0 Å². The number of benzene rings is 1. The highest BCUT2D eigenvalue weighted by molar-refractivity contribution is 5.29. The van der Waals surface area contributed by atoms with Crippen molar-refractivity contribution >= 4 is 0 Å². The molecular weight excluding hydrogens is 256 g/mol. The molecule has 1 nitrogen and oxygen atoms in total. The summed E-state index contributed by atoms with van der Waals surface area (Å²) in [7, 11) is 0. The maximum absolute atomic E-state index is 14.3. The van der Waals surface area contributed by atoms with E-state index in [4.69, 9.17) is 0 Å². The number of nitrogens with one attached hydrogen (secondary N) is 1. The summed E-state index contributed by atoms with van der Waals surface area (Å²) < 4.78 is 28.1. The first kappa shape index (κ1) is 15.4. The van der Waals surface area contributed by atoms with E-state index >= 15 is 0 Å². The predicted molar refractivity (Wildman–Crippen MR) is 79.0 cm³/mol. The monoisotopic (exact) mass is 281 g/mol. The Balaban J connectivity index is 2.28. The molecule has 20 heavy (non-hydrogen) atoms. The Labute approximate surface area is 120 Å². The summed E-state index contributed by atoms with van der Waals surface area (Å²) in [6, 6.07) is 3.51. The van der Waals surface area contributed by atoms with Crippen molar-refractivity contribution in [2.75, 3.05) is 13.1 Å². The van der Waals surface area contributed by atoms with Gasteiger partial charge in [-0.15, -0.1) is 0 Å². The fourth-order valence-electron chi connectivity index (χ4n) is 3.32. The summed E-state index contributed by atoms with van der Waals surface area (Å²) in [5, 5.41) is 3.37. The topological polar surface area (TPSA) is 12.0 Å². The summed E-state index contributed by atoms with van der Waals surface area (Å²) >= 11 is 0.